The lowest BCUT2D eigenvalue weighted by molar-refractivity contribution is 0.103. The van der Waals surface area contributed by atoms with Crippen molar-refractivity contribution in [3.8, 4) is 11.1 Å². The zero-order valence-corrected chi connectivity index (χ0v) is 17.1. The second kappa shape index (κ2) is 5.93. The van der Waals surface area contributed by atoms with Gasteiger partial charge in [0, 0.05) is 25.5 Å². The second-order valence-corrected chi connectivity index (χ2v) is 8.75. The lowest BCUT2D eigenvalue weighted by Crippen LogP contribution is -2.30. The number of fused-ring (bicyclic) bond motifs is 2. The molecule has 0 atom stereocenters. The van der Waals surface area contributed by atoms with Crippen LogP contribution in [0.3, 0.4) is 0 Å². The molecule has 0 saturated carbocycles. The van der Waals surface area contributed by atoms with Crippen LogP contribution in [0.5, 0.6) is 0 Å². The molecule has 0 N–H and O–H groups in total. The van der Waals surface area contributed by atoms with E-state index in [9.17, 15) is 4.79 Å². The van der Waals surface area contributed by atoms with Gasteiger partial charge in [-0.25, -0.2) is 0 Å². The molecule has 3 aromatic carbocycles. The van der Waals surface area contributed by atoms with Crippen LogP contribution in [0.4, 0.5) is 0 Å². The maximum atomic E-state index is 12.9. The van der Waals surface area contributed by atoms with Crippen LogP contribution in [-0.2, 0) is 5.41 Å². The molecule has 0 unspecified atom stereocenters. The lowest BCUT2D eigenvalue weighted by atomic mass is 9.68. The maximum Gasteiger partial charge on any atom is 0.193 e. The third-order valence-corrected chi connectivity index (χ3v) is 5.89. The van der Waals surface area contributed by atoms with E-state index in [1.165, 1.54) is 0 Å². The number of hydrogen-bond acceptors (Lipinski definition) is 1. The normalized spacial score (nSPS) is 14.8. The van der Waals surface area contributed by atoms with E-state index in [0.29, 0.717) is 0 Å². The molecular weight excluding hydrogens is 440 g/mol. The summed E-state index contributed by atoms with van der Waals surface area (Å²) >= 11 is 7.11. The molecule has 0 heterocycles. The average molecular weight is 456 g/mol. The van der Waals surface area contributed by atoms with Gasteiger partial charge in [-0.15, -0.1) is 0 Å². The molecule has 4 rings (SSSR count). The van der Waals surface area contributed by atoms with E-state index in [2.05, 4.69) is 70.0 Å². The van der Waals surface area contributed by atoms with Crippen LogP contribution in [0.1, 0.15) is 40.9 Å². The minimum absolute atomic E-state index is 0.117. The molecule has 1 nitrogen and oxygen atoms in total. The van der Waals surface area contributed by atoms with Crippen LogP contribution < -0.4 is 0 Å². The standard InChI is InChI=1S/C22H16Br2O/c1-22(2)19-6-4-3-5-17(19)21(25)18-8-7-13(11-20(18)22)14-9-15(23)12-16(24)10-14/h3-12H,1-2H3. The Balaban J connectivity index is 1.93. The Morgan fingerprint density at radius 3 is 2.08 bits per heavy atom. The van der Waals surface area contributed by atoms with Crippen molar-refractivity contribution in [2.24, 2.45) is 0 Å². The molecule has 0 bridgehead atoms. The topological polar surface area (TPSA) is 17.1 Å². The van der Waals surface area contributed by atoms with Crippen molar-refractivity contribution in [1.29, 1.82) is 0 Å². The Morgan fingerprint density at radius 1 is 0.720 bits per heavy atom. The van der Waals surface area contributed by atoms with Gasteiger partial charge in [-0.2, -0.15) is 0 Å². The van der Waals surface area contributed by atoms with Gasteiger partial charge in [-0.3, -0.25) is 4.79 Å². The second-order valence-electron chi connectivity index (χ2n) is 6.92. The SMILES string of the molecule is CC1(C)c2ccccc2C(=O)c2ccc(-c3cc(Br)cc(Br)c3)cc21. The van der Waals surface area contributed by atoms with Gasteiger partial charge >= 0.3 is 0 Å². The van der Waals surface area contributed by atoms with E-state index in [-0.39, 0.29) is 11.2 Å². The molecular formula is C22H16Br2O. The molecule has 3 heteroatoms. The number of rotatable bonds is 1. The van der Waals surface area contributed by atoms with Crippen molar-refractivity contribution < 1.29 is 4.79 Å². The van der Waals surface area contributed by atoms with Gasteiger partial charge < -0.3 is 0 Å². The van der Waals surface area contributed by atoms with Crippen LogP contribution in [0, 0.1) is 0 Å². The van der Waals surface area contributed by atoms with Crippen LogP contribution >= 0.6 is 31.9 Å². The molecule has 1 aliphatic carbocycles. The van der Waals surface area contributed by atoms with Gasteiger partial charge in [-0.1, -0.05) is 82.1 Å². The summed E-state index contributed by atoms with van der Waals surface area (Å²) in [5.74, 6) is 0.117. The first-order chi connectivity index (χ1) is 11.9. The molecule has 0 spiro atoms. The maximum absolute atomic E-state index is 12.9. The van der Waals surface area contributed by atoms with E-state index in [1.54, 1.807) is 0 Å². The third-order valence-electron chi connectivity index (χ3n) is 4.98. The minimum atomic E-state index is -0.209. The summed E-state index contributed by atoms with van der Waals surface area (Å²) in [4.78, 5) is 12.9. The Labute approximate surface area is 164 Å². The van der Waals surface area contributed by atoms with Crippen molar-refractivity contribution in [1.82, 2.24) is 0 Å². The molecule has 0 aromatic heterocycles. The first-order valence-corrected chi connectivity index (χ1v) is 9.72. The van der Waals surface area contributed by atoms with E-state index >= 15 is 0 Å². The van der Waals surface area contributed by atoms with Gasteiger partial charge in [0.15, 0.2) is 5.78 Å². The van der Waals surface area contributed by atoms with Crippen LogP contribution in [0.25, 0.3) is 11.1 Å². The predicted molar refractivity (Wildman–Crippen MR) is 109 cm³/mol. The Hall–Kier alpha value is -1.71. The van der Waals surface area contributed by atoms with Crippen molar-refractivity contribution in [2.45, 2.75) is 19.3 Å². The molecule has 0 radical (unpaired) electrons. The van der Waals surface area contributed by atoms with Crippen molar-refractivity contribution >= 4 is 37.6 Å². The summed E-state index contributed by atoms with van der Waals surface area (Å²) in [7, 11) is 0. The minimum Gasteiger partial charge on any atom is -0.289 e. The molecule has 0 saturated heterocycles. The van der Waals surface area contributed by atoms with Crippen LogP contribution in [0.15, 0.2) is 69.6 Å². The Morgan fingerprint density at radius 2 is 1.36 bits per heavy atom. The summed E-state index contributed by atoms with van der Waals surface area (Å²) in [6.07, 6.45) is 0. The molecule has 0 fully saturated rings. The molecule has 25 heavy (non-hydrogen) atoms. The predicted octanol–water partition coefficient (Wildman–Crippen LogP) is 6.75. The van der Waals surface area contributed by atoms with E-state index < -0.39 is 0 Å². The fourth-order valence-corrected chi connectivity index (χ4v) is 4.97. The number of hydrogen-bond donors (Lipinski definition) is 0. The molecule has 0 amide bonds. The van der Waals surface area contributed by atoms with Gasteiger partial charge in [0.1, 0.15) is 0 Å². The number of ketones is 1. The van der Waals surface area contributed by atoms with E-state index in [1.807, 2.05) is 36.4 Å². The van der Waals surface area contributed by atoms with E-state index in [0.717, 1.165) is 42.3 Å². The Bertz CT molecular complexity index is 998. The lowest BCUT2D eigenvalue weighted by Gasteiger charge is -2.34. The number of carbonyl (C=O) groups is 1. The molecule has 0 aliphatic heterocycles. The number of carbonyl (C=O) groups excluding carboxylic acids is 1. The first kappa shape index (κ1) is 16.7. The summed E-state index contributed by atoms with van der Waals surface area (Å²) in [5, 5.41) is 0. The third kappa shape index (κ3) is 2.70. The summed E-state index contributed by atoms with van der Waals surface area (Å²) in [6.45, 7) is 4.38. The van der Waals surface area contributed by atoms with Gasteiger partial charge in [0.05, 0.1) is 0 Å². The summed E-state index contributed by atoms with van der Waals surface area (Å²) in [5.41, 5.74) is 5.83. The average Bonchev–Trinajstić information content (AvgIpc) is 2.59. The monoisotopic (exact) mass is 454 g/mol. The molecule has 3 aromatic rings. The smallest absolute Gasteiger partial charge is 0.193 e. The fraction of sp³-hybridized carbons (Fsp3) is 0.136. The van der Waals surface area contributed by atoms with Crippen LogP contribution in [0.2, 0.25) is 0 Å². The van der Waals surface area contributed by atoms with Gasteiger partial charge in [-0.05, 0) is 46.5 Å². The summed E-state index contributed by atoms with van der Waals surface area (Å²) in [6, 6.07) is 20.3. The highest BCUT2D eigenvalue weighted by Gasteiger charge is 2.36. The highest BCUT2D eigenvalue weighted by Crippen LogP contribution is 2.42. The molecule has 1 aliphatic rings. The molecule has 124 valence electrons. The number of benzene rings is 3. The van der Waals surface area contributed by atoms with Crippen molar-refractivity contribution in [3.05, 3.63) is 91.9 Å². The van der Waals surface area contributed by atoms with Gasteiger partial charge in [0.2, 0.25) is 0 Å². The quantitative estimate of drug-likeness (QED) is 0.396. The largest absolute Gasteiger partial charge is 0.289 e. The highest BCUT2D eigenvalue weighted by atomic mass is 79.9. The first-order valence-electron chi connectivity index (χ1n) is 8.13. The van der Waals surface area contributed by atoms with Gasteiger partial charge in [0.25, 0.3) is 0 Å². The summed E-state index contributed by atoms with van der Waals surface area (Å²) < 4.78 is 2.05. The zero-order chi connectivity index (χ0) is 17.8. The number of halogens is 2. The van der Waals surface area contributed by atoms with Crippen molar-refractivity contribution in [3.63, 3.8) is 0 Å². The fourth-order valence-electron chi connectivity index (χ4n) is 3.68. The van der Waals surface area contributed by atoms with Crippen LogP contribution in [-0.4, -0.2) is 5.78 Å². The zero-order valence-electron chi connectivity index (χ0n) is 13.9. The van der Waals surface area contributed by atoms with Crippen molar-refractivity contribution in [2.75, 3.05) is 0 Å². The highest BCUT2D eigenvalue weighted by molar-refractivity contribution is 9.11. The Kier molecular flexibility index (Phi) is 3.97. The van der Waals surface area contributed by atoms with E-state index in [4.69, 9.17) is 0 Å².